The molecule has 13 nitrogen and oxygen atoms in total. The van der Waals surface area contributed by atoms with Crippen molar-refractivity contribution in [2.45, 2.75) is 44.1 Å². The lowest BCUT2D eigenvalue weighted by molar-refractivity contribution is -0.268. The van der Waals surface area contributed by atoms with Gasteiger partial charge in [0.2, 0.25) is 5.16 Å². The summed E-state index contributed by atoms with van der Waals surface area (Å²) in [6, 6.07) is 20.8. The van der Waals surface area contributed by atoms with Crippen LogP contribution in [0.1, 0.15) is 42.9 Å². The number of nitrogens with one attached hydrogen (secondary N) is 2. The minimum atomic E-state index is -0.714. The van der Waals surface area contributed by atoms with Crippen molar-refractivity contribution in [2.24, 2.45) is 5.92 Å². The molecule has 0 radical (unpaired) electrons. The van der Waals surface area contributed by atoms with Gasteiger partial charge in [0, 0.05) is 22.9 Å². The van der Waals surface area contributed by atoms with Crippen molar-refractivity contribution in [3.05, 3.63) is 89.5 Å². The monoisotopic (exact) mass is 634 g/mol. The maximum atomic E-state index is 12.2. The lowest BCUT2D eigenvalue weighted by Gasteiger charge is -2.41. The first-order valence-electron chi connectivity index (χ1n) is 14.4. The quantitative estimate of drug-likeness (QED) is 0.138. The highest BCUT2D eigenvalue weighted by Crippen LogP contribution is 2.43. The third-order valence-electron chi connectivity index (χ3n) is 7.17. The second-order valence-electron chi connectivity index (χ2n) is 10.3. The first-order chi connectivity index (χ1) is 21.8. The van der Waals surface area contributed by atoms with Crippen LogP contribution in [0.4, 0.5) is 10.5 Å². The van der Waals surface area contributed by atoms with E-state index in [1.807, 2.05) is 36.4 Å². The molecule has 0 spiro atoms. The van der Waals surface area contributed by atoms with Crippen LogP contribution in [0.3, 0.4) is 0 Å². The number of carbonyl (C=O) groups is 2. The Bertz CT molecular complexity index is 1570. The number of aromatic hydroxyl groups is 1. The van der Waals surface area contributed by atoms with Crippen LogP contribution in [0.5, 0.6) is 5.75 Å². The number of hydrogen-bond donors (Lipinski definition) is 4. The highest BCUT2D eigenvalue weighted by Gasteiger charge is 2.38. The van der Waals surface area contributed by atoms with Crippen LogP contribution in [0.15, 0.2) is 78.0 Å². The van der Waals surface area contributed by atoms with Gasteiger partial charge >= 0.3 is 12.0 Å². The number of rotatable bonds is 11. The molecule has 236 valence electrons. The van der Waals surface area contributed by atoms with Gasteiger partial charge in [0.1, 0.15) is 12.3 Å². The van der Waals surface area contributed by atoms with Crippen molar-refractivity contribution in [2.75, 3.05) is 24.2 Å². The van der Waals surface area contributed by atoms with Crippen molar-refractivity contribution in [1.29, 1.82) is 0 Å². The molecule has 1 saturated heterocycles. The standard InChI is InChI=1S/C31H34N6O7S/c1-3-42-27(40)16-32-30(41)33-23-10-8-22(9-11-23)29-43-26(19(2)28(44-29)21-6-4-20(17-38)5-7-21)18-45-31-34-35-36-37(31)24-12-14-25(39)15-13-24/h4-15,19,26,28-29,38-39H,3,16-18H2,1-2H3,(H2,32,33,41)/t19-,26+,28+,29+/m0/s1. The number of aliphatic hydroxyl groups is 1. The fourth-order valence-corrected chi connectivity index (χ4v) is 5.81. The lowest BCUT2D eigenvalue weighted by Crippen LogP contribution is -2.38. The first kappa shape index (κ1) is 31.9. The van der Waals surface area contributed by atoms with Gasteiger partial charge in [-0.1, -0.05) is 55.1 Å². The number of hydrogen-bond acceptors (Lipinski definition) is 11. The van der Waals surface area contributed by atoms with Crippen LogP contribution in [-0.4, -0.2) is 67.4 Å². The zero-order valence-electron chi connectivity index (χ0n) is 24.7. The minimum Gasteiger partial charge on any atom is -0.508 e. The van der Waals surface area contributed by atoms with Crippen LogP contribution in [0.2, 0.25) is 0 Å². The van der Waals surface area contributed by atoms with Crippen molar-refractivity contribution in [3.63, 3.8) is 0 Å². The van der Waals surface area contributed by atoms with Crippen molar-refractivity contribution < 1.29 is 34.0 Å². The second kappa shape index (κ2) is 15.0. The molecule has 0 aliphatic carbocycles. The van der Waals surface area contributed by atoms with Crippen LogP contribution in [0.25, 0.3) is 5.69 Å². The number of nitrogens with zero attached hydrogens (tertiary/aromatic N) is 4. The van der Waals surface area contributed by atoms with Gasteiger partial charge in [-0.25, -0.2) is 4.79 Å². The van der Waals surface area contributed by atoms with Gasteiger partial charge in [-0.3, -0.25) is 4.79 Å². The summed E-state index contributed by atoms with van der Waals surface area (Å²) in [5.74, 6) is 0.0886. The predicted molar refractivity (Wildman–Crippen MR) is 165 cm³/mol. The number of aromatic nitrogens is 4. The summed E-state index contributed by atoms with van der Waals surface area (Å²) in [6.07, 6.45) is -1.30. The van der Waals surface area contributed by atoms with E-state index in [9.17, 15) is 19.8 Å². The fourth-order valence-electron chi connectivity index (χ4n) is 4.75. The molecule has 4 N–H and O–H groups in total. The van der Waals surface area contributed by atoms with E-state index in [4.69, 9.17) is 14.2 Å². The topological polar surface area (TPSA) is 170 Å². The number of tetrazole rings is 1. The van der Waals surface area contributed by atoms with E-state index in [1.165, 1.54) is 11.8 Å². The van der Waals surface area contributed by atoms with Crippen molar-refractivity contribution >= 4 is 29.4 Å². The van der Waals surface area contributed by atoms with E-state index in [0.717, 1.165) is 16.7 Å². The summed E-state index contributed by atoms with van der Waals surface area (Å²) in [5.41, 5.74) is 3.74. The molecule has 3 aromatic carbocycles. The number of anilines is 1. The van der Waals surface area contributed by atoms with Crippen molar-refractivity contribution in [3.8, 4) is 11.4 Å². The molecule has 0 saturated carbocycles. The Morgan fingerprint density at radius 1 is 1.00 bits per heavy atom. The number of thioether (sulfide) groups is 1. The smallest absolute Gasteiger partial charge is 0.325 e. The average molecular weight is 635 g/mol. The van der Waals surface area contributed by atoms with Crippen molar-refractivity contribution in [1.82, 2.24) is 25.5 Å². The molecule has 4 atom stereocenters. The van der Waals surface area contributed by atoms with E-state index >= 15 is 0 Å². The SMILES string of the molecule is CCOC(=O)CNC(=O)Nc1ccc([C@@H]2O[C@H](CSc3nnnn3-c3ccc(O)cc3)[C@H](C)[C@H](c3ccc(CO)cc3)O2)cc1. The number of carbonyl (C=O) groups excluding carboxylic acids is 2. The van der Waals surface area contributed by atoms with Crippen LogP contribution >= 0.6 is 11.8 Å². The Labute approximate surface area is 263 Å². The second-order valence-corrected chi connectivity index (χ2v) is 11.2. The van der Waals surface area contributed by atoms with Gasteiger partial charge in [-0.15, -0.1) is 5.10 Å². The summed E-state index contributed by atoms with van der Waals surface area (Å²) >= 11 is 1.45. The molecule has 1 aromatic heterocycles. The van der Waals surface area contributed by atoms with Crippen LogP contribution in [-0.2, 0) is 25.6 Å². The molecule has 1 aliphatic heterocycles. The molecule has 14 heteroatoms. The third-order valence-corrected chi connectivity index (χ3v) is 8.18. The number of benzene rings is 3. The van der Waals surface area contributed by atoms with Gasteiger partial charge in [-0.2, -0.15) is 4.68 Å². The van der Waals surface area contributed by atoms with E-state index < -0.39 is 18.3 Å². The largest absolute Gasteiger partial charge is 0.508 e. The van der Waals surface area contributed by atoms with Gasteiger partial charge in [0.15, 0.2) is 6.29 Å². The summed E-state index contributed by atoms with van der Waals surface area (Å²) < 4.78 is 19.4. The molecular weight excluding hydrogens is 600 g/mol. The fraction of sp³-hybridized carbons (Fsp3) is 0.323. The van der Waals surface area contributed by atoms with E-state index in [0.29, 0.717) is 22.3 Å². The normalized spacial score (nSPS) is 19.5. The number of esters is 1. The summed E-state index contributed by atoms with van der Waals surface area (Å²) in [6.45, 7) is 3.71. The Morgan fingerprint density at radius 2 is 1.71 bits per heavy atom. The van der Waals surface area contributed by atoms with Gasteiger partial charge in [0.05, 0.1) is 31.1 Å². The molecule has 1 fully saturated rings. The predicted octanol–water partition coefficient (Wildman–Crippen LogP) is 4.13. The molecule has 0 unspecified atom stereocenters. The number of phenolic OH excluding ortho intramolecular Hbond substituents is 1. The first-order valence-corrected chi connectivity index (χ1v) is 15.3. The molecule has 1 aliphatic rings. The summed E-state index contributed by atoms with van der Waals surface area (Å²) in [7, 11) is 0. The van der Waals surface area contributed by atoms with Gasteiger partial charge < -0.3 is 35.1 Å². The van der Waals surface area contributed by atoms with Gasteiger partial charge in [-0.05, 0) is 64.9 Å². The number of ether oxygens (including phenoxy) is 3. The maximum Gasteiger partial charge on any atom is 0.325 e. The molecule has 2 heterocycles. The minimum absolute atomic E-state index is 0.0522. The van der Waals surface area contributed by atoms with E-state index in [1.54, 1.807) is 48.0 Å². The molecule has 5 rings (SSSR count). The van der Waals surface area contributed by atoms with Crippen LogP contribution < -0.4 is 10.6 Å². The number of aliphatic hydroxyl groups excluding tert-OH is 1. The Morgan fingerprint density at radius 3 is 2.40 bits per heavy atom. The molecule has 45 heavy (non-hydrogen) atoms. The Kier molecular flexibility index (Phi) is 10.6. The Hall–Kier alpha value is -4.50. The molecule has 0 bridgehead atoms. The summed E-state index contributed by atoms with van der Waals surface area (Å²) in [5, 5.41) is 37.0. The molecule has 2 amide bonds. The lowest BCUT2D eigenvalue weighted by atomic mass is 9.91. The molecule has 4 aromatic rings. The Balaban J connectivity index is 1.31. The maximum absolute atomic E-state index is 12.2. The average Bonchev–Trinajstić information content (AvgIpc) is 3.53. The van der Waals surface area contributed by atoms with E-state index in [-0.39, 0.29) is 43.6 Å². The highest BCUT2D eigenvalue weighted by molar-refractivity contribution is 7.99. The van der Waals surface area contributed by atoms with Gasteiger partial charge in [0.25, 0.3) is 0 Å². The zero-order chi connectivity index (χ0) is 31.8. The number of urea groups is 1. The molecular formula is C31H34N6O7S. The summed E-state index contributed by atoms with van der Waals surface area (Å²) in [4.78, 5) is 23.7. The highest BCUT2D eigenvalue weighted by atomic mass is 32.2. The van der Waals surface area contributed by atoms with Crippen LogP contribution in [0, 0.1) is 5.92 Å². The third kappa shape index (κ3) is 8.16. The number of amides is 2. The number of phenols is 1. The van der Waals surface area contributed by atoms with E-state index in [2.05, 4.69) is 33.1 Å². The zero-order valence-corrected chi connectivity index (χ0v) is 25.5.